The number of para-hydroxylation sites is 1. The number of rotatable bonds is 7. The molecule has 0 unspecified atom stereocenters. The maximum atomic E-state index is 5.40. The average Bonchev–Trinajstić information content (AvgIpc) is 3.93. The zero-order valence-corrected chi connectivity index (χ0v) is 36.5. The Balaban J connectivity index is 1.09. The quantitative estimate of drug-likeness (QED) is 0.160. The Morgan fingerprint density at radius 3 is 1.52 bits per heavy atom. The summed E-state index contributed by atoms with van der Waals surface area (Å²) in [5, 5.41) is 7.38. The molecule has 13 rings (SSSR count). The summed E-state index contributed by atoms with van der Waals surface area (Å²) >= 11 is 1.84. The van der Waals surface area contributed by atoms with E-state index in [9.17, 15) is 0 Å². The molecule has 308 valence electrons. The van der Waals surface area contributed by atoms with Crippen LogP contribution < -0.4 is 0 Å². The monoisotopic (exact) mass is 858 g/mol. The molecule has 3 aromatic heterocycles. The van der Waals surface area contributed by atoms with Gasteiger partial charge in [0.05, 0.1) is 16.7 Å². The van der Waals surface area contributed by atoms with E-state index in [0.29, 0.717) is 17.5 Å². The van der Waals surface area contributed by atoms with Crippen LogP contribution in [0.4, 0.5) is 0 Å². The van der Waals surface area contributed by atoms with Crippen molar-refractivity contribution in [1.82, 2.24) is 19.5 Å². The van der Waals surface area contributed by atoms with Crippen molar-refractivity contribution in [3.8, 4) is 73.2 Å². The number of nitrogens with zero attached hydrogens (tertiary/aromatic N) is 4. The first kappa shape index (κ1) is 38.0. The van der Waals surface area contributed by atoms with Crippen molar-refractivity contribution < 1.29 is 0 Å². The predicted octanol–water partition coefficient (Wildman–Crippen LogP) is 16.5. The van der Waals surface area contributed by atoms with Crippen LogP contribution in [0.25, 0.3) is 126 Å². The summed E-state index contributed by atoms with van der Waals surface area (Å²) in [6.45, 7) is 0. The highest BCUT2D eigenvalue weighted by Crippen LogP contribution is 2.43. The van der Waals surface area contributed by atoms with Crippen LogP contribution in [0, 0.1) is 0 Å². The molecule has 13 aromatic rings. The predicted molar refractivity (Wildman–Crippen MR) is 277 cm³/mol. The summed E-state index contributed by atoms with van der Waals surface area (Å²) in [5.74, 6) is 1.83. The van der Waals surface area contributed by atoms with E-state index in [1.54, 1.807) is 0 Å². The number of fused-ring (bicyclic) bond motifs is 7. The second-order valence-electron chi connectivity index (χ2n) is 16.7. The van der Waals surface area contributed by atoms with Crippen molar-refractivity contribution in [1.29, 1.82) is 0 Å². The molecule has 0 aliphatic rings. The first-order valence-electron chi connectivity index (χ1n) is 22.3. The van der Waals surface area contributed by atoms with Gasteiger partial charge in [-0.25, -0.2) is 15.0 Å². The molecule has 0 saturated carbocycles. The van der Waals surface area contributed by atoms with Gasteiger partial charge in [-0.05, 0) is 93.2 Å². The lowest BCUT2D eigenvalue weighted by molar-refractivity contribution is 1.07. The lowest BCUT2D eigenvalue weighted by Crippen LogP contribution is -2.03. The molecule has 0 saturated heterocycles. The molecular weight excluding hydrogens is 821 g/mol. The zero-order valence-electron chi connectivity index (χ0n) is 35.6. The van der Waals surface area contributed by atoms with Crippen molar-refractivity contribution in [3.63, 3.8) is 0 Å². The van der Waals surface area contributed by atoms with Crippen LogP contribution in [0.5, 0.6) is 0 Å². The maximum Gasteiger partial charge on any atom is 0.164 e. The molecular formula is C61H38N4S. The summed E-state index contributed by atoms with van der Waals surface area (Å²) in [6, 6.07) is 82.3. The van der Waals surface area contributed by atoms with E-state index in [0.717, 1.165) is 66.8 Å². The smallest absolute Gasteiger partial charge is 0.164 e. The summed E-state index contributed by atoms with van der Waals surface area (Å²) in [6.07, 6.45) is 0. The molecule has 0 spiro atoms. The number of benzene rings is 10. The minimum Gasteiger partial charge on any atom is -0.309 e. The lowest BCUT2D eigenvalue weighted by Gasteiger charge is -2.17. The molecule has 0 fully saturated rings. The van der Waals surface area contributed by atoms with Gasteiger partial charge in [-0.1, -0.05) is 176 Å². The van der Waals surface area contributed by atoms with Crippen molar-refractivity contribution in [2.75, 3.05) is 0 Å². The molecule has 66 heavy (non-hydrogen) atoms. The Labute approximate surface area is 385 Å². The van der Waals surface area contributed by atoms with E-state index in [4.69, 9.17) is 15.0 Å². The van der Waals surface area contributed by atoms with Gasteiger partial charge in [0, 0.05) is 53.2 Å². The van der Waals surface area contributed by atoms with Crippen molar-refractivity contribution in [2.45, 2.75) is 0 Å². The standard InChI is InChI=1S/C61H38N4S/c1-3-17-39(18-4-1)45-23-9-11-27-49(45)60-62-59(63-61(64-60)50-28-12-10-24-46(50)40-19-5-2-6-20-40)44-31-33-55(51(37-44)43-32-34-58-53(36-43)48-26-14-16-30-57(48)66-58)65-54-29-15-13-25-47(54)52-35-41-21-7-8-22-42(41)38-56(52)65/h1-38H. The first-order valence-corrected chi connectivity index (χ1v) is 23.1. The maximum absolute atomic E-state index is 5.40. The number of aromatic nitrogens is 4. The molecule has 0 aliphatic heterocycles. The number of hydrogen-bond acceptors (Lipinski definition) is 4. The van der Waals surface area contributed by atoms with Gasteiger partial charge in [-0.15, -0.1) is 11.3 Å². The van der Waals surface area contributed by atoms with Gasteiger partial charge in [0.25, 0.3) is 0 Å². The highest BCUT2D eigenvalue weighted by atomic mass is 32.1. The molecule has 10 aromatic carbocycles. The van der Waals surface area contributed by atoms with E-state index >= 15 is 0 Å². The van der Waals surface area contributed by atoms with Gasteiger partial charge < -0.3 is 4.57 Å². The van der Waals surface area contributed by atoms with Crippen molar-refractivity contribution >= 4 is 64.1 Å². The third-order valence-electron chi connectivity index (χ3n) is 12.9. The highest BCUT2D eigenvalue weighted by Gasteiger charge is 2.22. The molecule has 4 nitrogen and oxygen atoms in total. The Hall–Kier alpha value is -8.51. The fourth-order valence-corrected chi connectivity index (χ4v) is 10.8. The van der Waals surface area contributed by atoms with Crippen LogP contribution in [-0.2, 0) is 0 Å². The van der Waals surface area contributed by atoms with Gasteiger partial charge in [-0.3, -0.25) is 0 Å². The zero-order chi connectivity index (χ0) is 43.6. The molecule has 0 bridgehead atoms. The lowest BCUT2D eigenvalue weighted by atomic mass is 9.97. The number of thiophene rings is 1. The SMILES string of the molecule is c1ccc(-c2ccccc2-c2nc(-c3ccc(-n4c5ccccc5c5cc6ccccc6cc54)c(-c4ccc5sc6ccccc6c5c4)c3)nc(-c3ccccc3-c3ccccc3)n2)cc1. The van der Waals surface area contributed by atoms with Gasteiger partial charge in [0.2, 0.25) is 0 Å². The molecule has 0 N–H and O–H groups in total. The molecule has 0 amide bonds. The molecule has 3 heterocycles. The highest BCUT2D eigenvalue weighted by molar-refractivity contribution is 7.25. The summed E-state index contributed by atoms with van der Waals surface area (Å²) in [4.78, 5) is 16.1. The van der Waals surface area contributed by atoms with Gasteiger partial charge in [-0.2, -0.15) is 0 Å². The van der Waals surface area contributed by atoms with Crippen LogP contribution in [0.15, 0.2) is 231 Å². The van der Waals surface area contributed by atoms with E-state index in [2.05, 4.69) is 223 Å². The summed E-state index contributed by atoms with van der Waals surface area (Å²) in [7, 11) is 0. The second-order valence-corrected chi connectivity index (χ2v) is 17.8. The Morgan fingerprint density at radius 2 is 0.818 bits per heavy atom. The second kappa shape index (κ2) is 15.6. The third kappa shape index (κ3) is 6.40. The minimum absolute atomic E-state index is 0.601. The molecule has 0 radical (unpaired) electrons. The average molecular weight is 859 g/mol. The van der Waals surface area contributed by atoms with E-state index in [1.807, 2.05) is 23.5 Å². The minimum atomic E-state index is 0.601. The Kier molecular flexibility index (Phi) is 9.00. The van der Waals surface area contributed by atoms with Crippen LogP contribution in [0.3, 0.4) is 0 Å². The van der Waals surface area contributed by atoms with Crippen molar-refractivity contribution in [2.24, 2.45) is 0 Å². The first-order chi connectivity index (χ1) is 32.7. The fraction of sp³-hybridized carbons (Fsp3) is 0. The third-order valence-corrected chi connectivity index (χ3v) is 14.0. The Bertz CT molecular complexity index is 3900. The molecule has 0 aliphatic carbocycles. The number of hydrogen-bond donors (Lipinski definition) is 0. The topological polar surface area (TPSA) is 43.6 Å². The van der Waals surface area contributed by atoms with Gasteiger partial charge >= 0.3 is 0 Å². The van der Waals surface area contributed by atoms with Crippen LogP contribution in [-0.4, -0.2) is 19.5 Å². The summed E-state index contributed by atoms with van der Waals surface area (Å²) < 4.78 is 4.99. The van der Waals surface area contributed by atoms with E-state index < -0.39 is 0 Å². The van der Waals surface area contributed by atoms with E-state index in [1.165, 1.54) is 41.7 Å². The molecule has 0 atom stereocenters. The van der Waals surface area contributed by atoms with Gasteiger partial charge in [0.1, 0.15) is 0 Å². The largest absolute Gasteiger partial charge is 0.309 e. The van der Waals surface area contributed by atoms with E-state index in [-0.39, 0.29) is 0 Å². The normalized spacial score (nSPS) is 11.6. The molecule has 5 heteroatoms. The fourth-order valence-electron chi connectivity index (χ4n) is 9.75. The van der Waals surface area contributed by atoms with Gasteiger partial charge in [0.15, 0.2) is 17.5 Å². The Morgan fingerprint density at radius 1 is 0.288 bits per heavy atom. The van der Waals surface area contributed by atoms with Crippen LogP contribution >= 0.6 is 11.3 Å². The summed E-state index contributed by atoms with van der Waals surface area (Å²) in [5.41, 5.74) is 12.7. The van der Waals surface area contributed by atoms with Crippen molar-refractivity contribution in [3.05, 3.63) is 231 Å². The van der Waals surface area contributed by atoms with Crippen LogP contribution in [0.1, 0.15) is 0 Å². The van der Waals surface area contributed by atoms with Crippen LogP contribution in [0.2, 0.25) is 0 Å².